The Morgan fingerprint density at radius 3 is 2.35 bits per heavy atom. The van der Waals surface area contributed by atoms with Crippen LogP contribution in [0.25, 0.3) is 17.3 Å². The number of aromatic nitrogens is 1. The molecule has 3 aromatic carbocycles. The van der Waals surface area contributed by atoms with Crippen LogP contribution in [-0.2, 0) is 9.59 Å². The highest BCUT2D eigenvalue weighted by atomic mass is 32.2. The standard InChI is InChI=1S/C33H28N4O3S3/c1-21-29(23-11-5-3-6-12-23)36-33(43-21)37-30(38)22(2)42-27-16-9-15-25(19-27)34-32(40)28(20-26-17-10-18-41-26)35-31(39)24-13-7-4-8-14-24/h3-20,22H,1-2H3,(H,34,40)(H,35,39)(H,36,37,38)/b28-20-. The van der Waals surface area contributed by atoms with Gasteiger partial charge in [0.25, 0.3) is 11.8 Å². The number of rotatable bonds is 10. The minimum absolute atomic E-state index is 0.121. The van der Waals surface area contributed by atoms with Gasteiger partial charge in [0.2, 0.25) is 5.91 Å². The molecule has 0 aliphatic rings. The Kier molecular flexibility index (Phi) is 9.83. The summed E-state index contributed by atoms with van der Waals surface area (Å²) in [6, 6.07) is 29.6. The summed E-state index contributed by atoms with van der Waals surface area (Å²) < 4.78 is 0. The molecule has 10 heteroatoms. The van der Waals surface area contributed by atoms with E-state index in [0.29, 0.717) is 16.4 Å². The Bertz CT molecular complexity index is 1750. The van der Waals surface area contributed by atoms with Gasteiger partial charge in [-0.15, -0.1) is 34.4 Å². The van der Waals surface area contributed by atoms with Crippen LogP contribution in [-0.4, -0.2) is 28.0 Å². The Hall–Kier alpha value is -4.51. The highest BCUT2D eigenvalue weighted by Crippen LogP contribution is 2.32. The number of hydrogen-bond donors (Lipinski definition) is 3. The number of carbonyl (C=O) groups is 3. The number of thiazole rings is 1. The first kappa shape index (κ1) is 30.0. The van der Waals surface area contributed by atoms with E-state index in [1.165, 1.54) is 34.4 Å². The second-order valence-electron chi connectivity index (χ2n) is 9.41. The van der Waals surface area contributed by atoms with Crippen molar-refractivity contribution in [3.8, 4) is 11.3 Å². The van der Waals surface area contributed by atoms with Gasteiger partial charge < -0.3 is 16.0 Å². The van der Waals surface area contributed by atoms with Crippen LogP contribution in [0.2, 0.25) is 0 Å². The molecule has 0 saturated carbocycles. The van der Waals surface area contributed by atoms with E-state index >= 15 is 0 Å². The van der Waals surface area contributed by atoms with Crippen LogP contribution in [0, 0.1) is 6.92 Å². The maximum atomic E-state index is 13.3. The van der Waals surface area contributed by atoms with E-state index in [4.69, 9.17) is 0 Å². The molecule has 2 aromatic heterocycles. The second-order valence-corrected chi connectivity index (χ2v) is 13.0. The fourth-order valence-electron chi connectivity index (χ4n) is 4.08. The van der Waals surface area contributed by atoms with Crippen LogP contribution in [0.4, 0.5) is 10.8 Å². The van der Waals surface area contributed by atoms with Crippen molar-refractivity contribution in [2.75, 3.05) is 10.6 Å². The number of thioether (sulfide) groups is 1. The number of anilines is 2. The SMILES string of the molecule is Cc1sc(NC(=O)C(C)Sc2cccc(NC(=O)/C(=C/c3cccs3)NC(=O)c3ccccc3)c2)nc1-c1ccccc1. The second kappa shape index (κ2) is 14.1. The Morgan fingerprint density at radius 2 is 1.63 bits per heavy atom. The molecule has 0 spiro atoms. The third-order valence-electron chi connectivity index (χ3n) is 6.21. The molecule has 5 rings (SSSR count). The lowest BCUT2D eigenvalue weighted by Crippen LogP contribution is -2.30. The summed E-state index contributed by atoms with van der Waals surface area (Å²) in [6.45, 7) is 3.81. The summed E-state index contributed by atoms with van der Waals surface area (Å²) in [4.78, 5) is 46.5. The van der Waals surface area contributed by atoms with Crippen molar-refractivity contribution >= 4 is 69.1 Å². The van der Waals surface area contributed by atoms with Crippen molar-refractivity contribution in [3.63, 3.8) is 0 Å². The zero-order valence-electron chi connectivity index (χ0n) is 23.4. The molecule has 0 radical (unpaired) electrons. The van der Waals surface area contributed by atoms with E-state index in [-0.39, 0.29) is 17.5 Å². The average molecular weight is 625 g/mol. The van der Waals surface area contributed by atoms with Gasteiger partial charge in [0, 0.05) is 31.5 Å². The van der Waals surface area contributed by atoms with E-state index < -0.39 is 11.2 Å². The fourth-order valence-corrected chi connectivity index (χ4v) is 6.50. The predicted molar refractivity (Wildman–Crippen MR) is 178 cm³/mol. The van der Waals surface area contributed by atoms with Crippen molar-refractivity contribution in [1.29, 1.82) is 0 Å². The Balaban J connectivity index is 1.24. The third kappa shape index (κ3) is 8.07. The van der Waals surface area contributed by atoms with Gasteiger partial charge in [-0.2, -0.15) is 0 Å². The Labute approximate surface area is 262 Å². The molecule has 0 fully saturated rings. The fraction of sp³-hybridized carbons (Fsp3) is 0.0909. The summed E-state index contributed by atoms with van der Waals surface area (Å²) in [5.74, 6) is -1.01. The number of carbonyl (C=O) groups excluding carboxylic acids is 3. The molecule has 3 amide bonds. The first-order valence-corrected chi connectivity index (χ1v) is 16.0. The van der Waals surface area contributed by atoms with Crippen LogP contribution in [0.15, 0.2) is 113 Å². The number of amides is 3. The van der Waals surface area contributed by atoms with Crippen molar-refractivity contribution in [2.45, 2.75) is 24.0 Å². The minimum atomic E-state index is -0.459. The monoisotopic (exact) mass is 624 g/mol. The van der Waals surface area contributed by atoms with Crippen LogP contribution in [0.3, 0.4) is 0 Å². The van der Waals surface area contributed by atoms with Gasteiger partial charge in [0.1, 0.15) is 5.70 Å². The van der Waals surface area contributed by atoms with Crippen molar-refractivity contribution in [1.82, 2.24) is 10.3 Å². The number of nitrogens with one attached hydrogen (secondary N) is 3. The lowest BCUT2D eigenvalue weighted by Gasteiger charge is -2.13. The third-order valence-corrected chi connectivity index (χ3v) is 9.01. The zero-order valence-corrected chi connectivity index (χ0v) is 25.8. The minimum Gasteiger partial charge on any atom is -0.321 e. The molecular weight excluding hydrogens is 597 g/mol. The molecule has 3 N–H and O–H groups in total. The normalized spacial score (nSPS) is 11.9. The average Bonchev–Trinajstić information content (AvgIpc) is 3.67. The molecular formula is C33H28N4O3S3. The van der Waals surface area contributed by atoms with Gasteiger partial charge in [0.05, 0.1) is 10.9 Å². The van der Waals surface area contributed by atoms with E-state index in [1.807, 2.05) is 79.9 Å². The van der Waals surface area contributed by atoms with Gasteiger partial charge >= 0.3 is 0 Å². The van der Waals surface area contributed by atoms with Crippen molar-refractivity contribution in [2.24, 2.45) is 0 Å². The van der Waals surface area contributed by atoms with Crippen LogP contribution in [0.1, 0.15) is 27.0 Å². The van der Waals surface area contributed by atoms with Gasteiger partial charge in [0.15, 0.2) is 5.13 Å². The van der Waals surface area contributed by atoms with E-state index in [0.717, 1.165) is 25.9 Å². The summed E-state index contributed by atoms with van der Waals surface area (Å²) in [7, 11) is 0. The number of aryl methyl sites for hydroxylation is 1. The summed E-state index contributed by atoms with van der Waals surface area (Å²) in [5, 5.41) is 10.6. The molecule has 216 valence electrons. The zero-order chi connectivity index (χ0) is 30.2. The van der Waals surface area contributed by atoms with Gasteiger partial charge in [-0.05, 0) is 61.7 Å². The van der Waals surface area contributed by atoms with E-state index in [2.05, 4.69) is 20.9 Å². The molecule has 1 atom stereocenters. The first-order chi connectivity index (χ1) is 20.9. The van der Waals surface area contributed by atoms with Gasteiger partial charge in [-0.1, -0.05) is 60.7 Å². The number of hydrogen-bond acceptors (Lipinski definition) is 7. The topological polar surface area (TPSA) is 100 Å². The molecule has 43 heavy (non-hydrogen) atoms. The first-order valence-electron chi connectivity index (χ1n) is 13.4. The smallest absolute Gasteiger partial charge is 0.272 e. The summed E-state index contributed by atoms with van der Waals surface area (Å²) in [5.41, 5.74) is 2.97. The summed E-state index contributed by atoms with van der Waals surface area (Å²) >= 11 is 4.27. The number of thiophene rings is 1. The van der Waals surface area contributed by atoms with E-state index in [1.54, 1.807) is 42.5 Å². The van der Waals surface area contributed by atoms with Crippen molar-refractivity contribution < 1.29 is 14.4 Å². The highest BCUT2D eigenvalue weighted by Gasteiger charge is 2.19. The molecule has 0 saturated heterocycles. The van der Waals surface area contributed by atoms with Crippen LogP contribution in [0.5, 0.6) is 0 Å². The van der Waals surface area contributed by atoms with Crippen LogP contribution >= 0.6 is 34.4 Å². The number of nitrogens with zero attached hydrogens (tertiary/aromatic N) is 1. The largest absolute Gasteiger partial charge is 0.321 e. The maximum Gasteiger partial charge on any atom is 0.272 e. The molecule has 2 heterocycles. The molecule has 1 unspecified atom stereocenters. The lowest BCUT2D eigenvalue weighted by atomic mass is 10.1. The Morgan fingerprint density at radius 1 is 0.884 bits per heavy atom. The van der Waals surface area contributed by atoms with Crippen molar-refractivity contribution in [3.05, 3.63) is 123 Å². The van der Waals surface area contributed by atoms with E-state index in [9.17, 15) is 14.4 Å². The van der Waals surface area contributed by atoms with Gasteiger partial charge in [-0.3, -0.25) is 14.4 Å². The molecule has 0 aliphatic heterocycles. The maximum absolute atomic E-state index is 13.3. The lowest BCUT2D eigenvalue weighted by molar-refractivity contribution is -0.115. The molecule has 0 aliphatic carbocycles. The predicted octanol–water partition coefficient (Wildman–Crippen LogP) is 7.71. The number of benzene rings is 3. The molecule has 0 bridgehead atoms. The molecule has 5 aromatic rings. The highest BCUT2D eigenvalue weighted by molar-refractivity contribution is 8.00. The molecule has 7 nitrogen and oxygen atoms in total. The summed E-state index contributed by atoms with van der Waals surface area (Å²) in [6.07, 6.45) is 1.65. The quantitative estimate of drug-likeness (QED) is 0.109. The van der Waals surface area contributed by atoms with Gasteiger partial charge in [-0.25, -0.2) is 4.98 Å². The van der Waals surface area contributed by atoms with Crippen LogP contribution < -0.4 is 16.0 Å².